The molecule has 0 spiro atoms. The molecule has 19 heavy (non-hydrogen) atoms. The summed E-state index contributed by atoms with van der Waals surface area (Å²) in [7, 11) is 2.13. The third-order valence-electron chi connectivity index (χ3n) is 3.49. The smallest absolute Gasteiger partial charge is 0.328 e. The predicted molar refractivity (Wildman–Crippen MR) is 78.9 cm³/mol. The SMILES string of the molecule is CC(C)C(C)N(C)Cc1ccc(/C=C/C(=O)O)cc1. The highest BCUT2D eigenvalue weighted by Gasteiger charge is 2.12. The lowest BCUT2D eigenvalue weighted by Gasteiger charge is -2.27. The van der Waals surface area contributed by atoms with Crippen LogP contribution >= 0.6 is 0 Å². The van der Waals surface area contributed by atoms with Gasteiger partial charge in [0.05, 0.1) is 0 Å². The van der Waals surface area contributed by atoms with Crippen molar-refractivity contribution in [2.24, 2.45) is 5.92 Å². The van der Waals surface area contributed by atoms with Crippen molar-refractivity contribution in [3.05, 3.63) is 41.5 Å². The van der Waals surface area contributed by atoms with Crippen molar-refractivity contribution in [2.45, 2.75) is 33.4 Å². The van der Waals surface area contributed by atoms with Crippen molar-refractivity contribution < 1.29 is 9.90 Å². The second kappa shape index (κ2) is 7.10. The lowest BCUT2D eigenvalue weighted by Crippen LogP contribution is -2.32. The van der Waals surface area contributed by atoms with Crippen LogP contribution in [0.4, 0.5) is 0 Å². The third-order valence-corrected chi connectivity index (χ3v) is 3.49. The van der Waals surface area contributed by atoms with E-state index in [1.165, 1.54) is 5.56 Å². The highest BCUT2D eigenvalue weighted by molar-refractivity contribution is 5.85. The number of carboxylic acids is 1. The van der Waals surface area contributed by atoms with Gasteiger partial charge >= 0.3 is 5.97 Å². The van der Waals surface area contributed by atoms with E-state index in [4.69, 9.17) is 5.11 Å². The van der Waals surface area contributed by atoms with E-state index in [2.05, 4.69) is 32.7 Å². The molecule has 1 aromatic carbocycles. The predicted octanol–water partition coefficient (Wildman–Crippen LogP) is 3.26. The van der Waals surface area contributed by atoms with Crippen molar-refractivity contribution in [1.82, 2.24) is 4.90 Å². The first kappa shape index (κ1) is 15.4. The van der Waals surface area contributed by atoms with Crippen LogP contribution in [0.15, 0.2) is 30.3 Å². The standard InChI is InChI=1S/C16H23NO2/c1-12(2)13(3)17(4)11-15-7-5-14(6-8-15)9-10-16(18)19/h5-10,12-13H,11H2,1-4H3,(H,18,19)/b10-9+. The monoisotopic (exact) mass is 261 g/mol. The Morgan fingerprint density at radius 1 is 1.26 bits per heavy atom. The van der Waals surface area contributed by atoms with E-state index in [9.17, 15) is 4.79 Å². The fourth-order valence-electron chi connectivity index (χ4n) is 1.84. The fourth-order valence-corrected chi connectivity index (χ4v) is 1.84. The van der Waals surface area contributed by atoms with E-state index in [1.54, 1.807) is 6.08 Å². The quantitative estimate of drug-likeness (QED) is 0.799. The highest BCUT2D eigenvalue weighted by Crippen LogP contribution is 2.13. The van der Waals surface area contributed by atoms with Gasteiger partial charge in [0.1, 0.15) is 0 Å². The molecule has 1 aromatic rings. The number of carboxylic acid groups (broad SMARTS) is 1. The van der Waals surface area contributed by atoms with Crippen molar-refractivity contribution in [1.29, 1.82) is 0 Å². The molecule has 0 aliphatic heterocycles. The zero-order valence-corrected chi connectivity index (χ0v) is 12.1. The summed E-state index contributed by atoms with van der Waals surface area (Å²) in [5, 5.41) is 8.57. The van der Waals surface area contributed by atoms with Gasteiger partial charge in [-0.15, -0.1) is 0 Å². The Balaban J connectivity index is 2.64. The lowest BCUT2D eigenvalue weighted by molar-refractivity contribution is -0.131. The topological polar surface area (TPSA) is 40.5 Å². The van der Waals surface area contributed by atoms with Crippen molar-refractivity contribution in [2.75, 3.05) is 7.05 Å². The maximum atomic E-state index is 10.4. The molecule has 1 N–H and O–H groups in total. The third kappa shape index (κ3) is 5.26. The average Bonchev–Trinajstić information content (AvgIpc) is 2.36. The van der Waals surface area contributed by atoms with Crippen LogP contribution in [0, 0.1) is 5.92 Å². The highest BCUT2D eigenvalue weighted by atomic mass is 16.4. The van der Waals surface area contributed by atoms with Crippen LogP contribution < -0.4 is 0 Å². The Labute approximate surface area is 115 Å². The molecule has 0 aromatic heterocycles. The summed E-state index contributed by atoms with van der Waals surface area (Å²) in [5.74, 6) is -0.294. The van der Waals surface area contributed by atoms with E-state index in [0.717, 1.165) is 18.2 Å². The normalized spacial score (nSPS) is 13.4. The van der Waals surface area contributed by atoms with Crippen LogP contribution in [-0.4, -0.2) is 29.1 Å². The largest absolute Gasteiger partial charge is 0.478 e. The van der Waals surface area contributed by atoms with Gasteiger partial charge in [-0.2, -0.15) is 0 Å². The van der Waals surface area contributed by atoms with Crippen LogP contribution in [0.5, 0.6) is 0 Å². The van der Waals surface area contributed by atoms with Crippen molar-refractivity contribution >= 4 is 12.0 Å². The molecule has 0 amide bonds. The van der Waals surface area contributed by atoms with Gasteiger partial charge in [-0.05, 0) is 37.1 Å². The average molecular weight is 261 g/mol. The van der Waals surface area contributed by atoms with Gasteiger partial charge in [0.2, 0.25) is 0 Å². The molecule has 0 radical (unpaired) electrons. The molecule has 104 valence electrons. The van der Waals surface area contributed by atoms with Crippen LogP contribution in [-0.2, 0) is 11.3 Å². The molecule has 0 aliphatic carbocycles. The van der Waals surface area contributed by atoms with Crippen molar-refractivity contribution in [3.63, 3.8) is 0 Å². The van der Waals surface area contributed by atoms with Crippen LogP contribution in [0.2, 0.25) is 0 Å². The Bertz CT molecular complexity index is 435. The van der Waals surface area contributed by atoms with Crippen LogP contribution in [0.1, 0.15) is 31.9 Å². The maximum Gasteiger partial charge on any atom is 0.328 e. The minimum Gasteiger partial charge on any atom is -0.478 e. The maximum absolute atomic E-state index is 10.4. The first-order chi connectivity index (χ1) is 8.90. The Morgan fingerprint density at radius 3 is 2.32 bits per heavy atom. The zero-order valence-electron chi connectivity index (χ0n) is 12.1. The summed E-state index contributed by atoms with van der Waals surface area (Å²) in [6, 6.07) is 8.52. The molecule has 0 heterocycles. The number of aliphatic carboxylic acids is 1. The molecule has 0 fully saturated rings. The fraction of sp³-hybridized carbons (Fsp3) is 0.438. The summed E-state index contributed by atoms with van der Waals surface area (Å²) in [5.41, 5.74) is 2.15. The molecule has 1 atom stereocenters. The number of hydrogen-bond acceptors (Lipinski definition) is 2. The molecule has 3 nitrogen and oxygen atoms in total. The minimum absolute atomic E-state index is 0.534. The second-order valence-corrected chi connectivity index (χ2v) is 5.31. The molecular formula is C16H23NO2. The van der Waals surface area contributed by atoms with Gasteiger partial charge < -0.3 is 5.11 Å². The summed E-state index contributed by atoms with van der Waals surface area (Å²) >= 11 is 0. The second-order valence-electron chi connectivity index (χ2n) is 5.31. The summed E-state index contributed by atoms with van der Waals surface area (Å²) in [6.07, 6.45) is 2.76. The lowest BCUT2D eigenvalue weighted by atomic mass is 10.0. The Morgan fingerprint density at radius 2 is 1.84 bits per heavy atom. The molecule has 1 unspecified atom stereocenters. The molecular weight excluding hydrogens is 238 g/mol. The molecule has 3 heteroatoms. The molecule has 0 bridgehead atoms. The van der Waals surface area contributed by atoms with Gasteiger partial charge in [0.15, 0.2) is 0 Å². The van der Waals surface area contributed by atoms with E-state index < -0.39 is 5.97 Å². The summed E-state index contributed by atoms with van der Waals surface area (Å²) in [4.78, 5) is 12.8. The molecule has 0 saturated carbocycles. The van der Waals surface area contributed by atoms with Gasteiger partial charge in [-0.25, -0.2) is 4.79 Å². The van der Waals surface area contributed by atoms with Gasteiger partial charge in [-0.3, -0.25) is 4.90 Å². The summed E-state index contributed by atoms with van der Waals surface area (Å²) in [6.45, 7) is 7.58. The van der Waals surface area contributed by atoms with Gasteiger partial charge in [-0.1, -0.05) is 38.1 Å². The minimum atomic E-state index is -0.922. The van der Waals surface area contributed by atoms with E-state index >= 15 is 0 Å². The van der Waals surface area contributed by atoms with E-state index in [-0.39, 0.29) is 0 Å². The number of nitrogens with zero attached hydrogens (tertiary/aromatic N) is 1. The summed E-state index contributed by atoms with van der Waals surface area (Å²) < 4.78 is 0. The number of hydrogen-bond donors (Lipinski definition) is 1. The molecule has 0 saturated heterocycles. The van der Waals surface area contributed by atoms with Gasteiger partial charge in [0.25, 0.3) is 0 Å². The zero-order chi connectivity index (χ0) is 14.4. The Kier molecular flexibility index (Phi) is 5.77. The first-order valence-corrected chi connectivity index (χ1v) is 6.60. The van der Waals surface area contributed by atoms with Crippen LogP contribution in [0.25, 0.3) is 6.08 Å². The number of carbonyl (C=O) groups is 1. The molecule has 0 aliphatic rings. The molecule has 1 rings (SSSR count). The van der Waals surface area contributed by atoms with E-state index in [1.807, 2.05) is 24.3 Å². The Hall–Kier alpha value is -1.61. The van der Waals surface area contributed by atoms with Gasteiger partial charge in [0, 0.05) is 18.7 Å². The number of rotatable bonds is 6. The first-order valence-electron chi connectivity index (χ1n) is 6.60. The number of benzene rings is 1. The van der Waals surface area contributed by atoms with Crippen molar-refractivity contribution in [3.8, 4) is 0 Å². The van der Waals surface area contributed by atoms with Crippen LogP contribution in [0.3, 0.4) is 0 Å². The van der Waals surface area contributed by atoms with E-state index in [0.29, 0.717) is 12.0 Å².